The number of carbonyl (C=O) groups is 1. The summed E-state index contributed by atoms with van der Waals surface area (Å²) < 4.78 is 27.1. The molecule has 23 heavy (non-hydrogen) atoms. The number of nitrogens with one attached hydrogen (secondary N) is 1. The lowest BCUT2D eigenvalue weighted by atomic mass is 9.98. The van der Waals surface area contributed by atoms with Gasteiger partial charge in [-0.15, -0.1) is 11.3 Å². The zero-order valence-corrected chi connectivity index (χ0v) is 15.3. The van der Waals surface area contributed by atoms with Crippen LogP contribution in [0.25, 0.3) is 0 Å². The lowest BCUT2D eigenvalue weighted by molar-refractivity contribution is -0.126. The van der Waals surface area contributed by atoms with Crippen LogP contribution in [-0.2, 0) is 14.8 Å². The standard InChI is InChI=1S/C15H25N3O3S2/c1-11(8-16)9-17-15(19)13-4-3-7-18(10-13)23(20,21)14-6-5-12(2)22-14/h5-6,11,13H,3-4,7-10,16H2,1-2H3,(H,17,19). The molecule has 1 aliphatic heterocycles. The lowest BCUT2D eigenvalue weighted by Gasteiger charge is -2.31. The van der Waals surface area contributed by atoms with Crippen molar-refractivity contribution in [3.63, 3.8) is 0 Å². The van der Waals surface area contributed by atoms with Crippen molar-refractivity contribution in [3.05, 3.63) is 17.0 Å². The molecule has 0 radical (unpaired) electrons. The predicted molar refractivity (Wildman–Crippen MR) is 91.8 cm³/mol. The maximum absolute atomic E-state index is 12.7. The Balaban J connectivity index is 2.01. The third kappa shape index (κ3) is 4.53. The highest BCUT2D eigenvalue weighted by atomic mass is 32.2. The fourth-order valence-corrected chi connectivity index (χ4v) is 5.52. The van der Waals surface area contributed by atoms with Gasteiger partial charge in [-0.05, 0) is 44.4 Å². The number of nitrogens with two attached hydrogens (primary N) is 1. The first-order valence-corrected chi connectivity index (χ1v) is 10.1. The SMILES string of the molecule is Cc1ccc(S(=O)(=O)N2CCCC(C(=O)NCC(C)CN)C2)s1. The molecule has 1 amide bonds. The van der Waals surface area contributed by atoms with Gasteiger partial charge in [0.15, 0.2) is 0 Å². The van der Waals surface area contributed by atoms with Crippen molar-refractivity contribution >= 4 is 27.3 Å². The molecule has 0 saturated carbocycles. The molecule has 3 N–H and O–H groups in total. The highest BCUT2D eigenvalue weighted by Crippen LogP contribution is 2.28. The number of piperidine rings is 1. The quantitative estimate of drug-likeness (QED) is 0.797. The summed E-state index contributed by atoms with van der Waals surface area (Å²) in [6.45, 7) is 5.63. The van der Waals surface area contributed by atoms with Crippen molar-refractivity contribution in [2.45, 2.75) is 30.9 Å². The van der Waals surface area contributed by atoms with Crippen molar-refractivity contribution < 1.29 is 13.2 Å². The molecule has 0 spiro atoms. The molecule has 0 bridgehead atoms. The molecule has 2 rings (SSSR count). The summed E-state index contributed by atoms with van der Waals surface area (Å²) in [6, 6.07) is 3.45. The average molecular weight is 360 g/mol. The Morgan fingerprint density at radius 3 is 2.87 bits per heavy atom. The molecule has 8 heteroatoms. The van der Waals surface area contributed by atoms with E-state index in [1.54, 1.807) is 12.1 Å². The van der Waals surface area contributed by atoms with Gasteiger partial charge in [-0.2, -0.15) is 4.31 Å². The van der Waals surface area contributed by atoms with Gasteiger partial charge in [0.2, 0.25) is 5.91 Å². The zero-order chi connectivity index (χ0) is 17.0. The second-order valence-corrected chi connectivity index (χ2v) is 9.61. The molecule has 1 aromatic rings. The van der Waals surface area contributed by atoms with E-state index in [2.05, 4.69) is 5.32 Å². The van der Waals surface area contributed by atoms with Crippen LogP contribution in [0, 0.1) is 18.8 Å². The van der Waals surface area contributed by atoms with Gasteiger partial charge in [-0.1, -0.05) is 6.92 Å². The first-order valence-electron chi connectivity index (χ1n) is 7.89. The number of hydrogen-bond acceptors (Lipinski definition) is 5. The molecule has 1 fully saturated rings. The molecule has 1 aromatic heterocycles. The number of rotatable bonds is 6. The minimum atomic E-state index is -3.49. The third-order valence-electron chi connectivity index (χ3n) is 4.09. The summed E-state index contributed by atoms with van der Waals surface area (Å²) in [5, 5.41) is 2.88. The van der Waals surface area contributed by atoms with Crippen molar-refractivity contribution in [2.75, 3.05) is 26.2 Å². The van der Waals surface area contributed by atoms with Crippen LogP contribution in [0.3, 0.4) is 0 Å². The molecule has 2 heterocycles. The summed E-state index contributed by atoms with van der Waals surface area (Å²) >= 11 is 1.27. The normalized spacial score (nSPS) is 21.1. The largest absolute Gasteiger partial charge is 0.356 e. The molecule has 1 aliphatic rings. The fourth-order valence-electron chi connectivity index (χ4n) is 2.56. The van der Waals surface area contributed by atoms with E-state index < -0.39 is 10.0 Å². The van der Waals surface area contributed by atoms with Gasteiger partial charge in [-0.3, -0.25) is 4.79 Å². The number of amides is 1. The van der Waals surface area contributed by atoms with Gasteiger partial charge in [0.25, 0.3) is 10.0 Å². The van der Waals surface area contributed by atoms with E-state index in [-0.39, 0.29) is 24.3 Å². The van der Waals surface area contributed by atoms with Crippen LogP contribution in [-0.4, -0.2) is 44.8 Å². The number of sulfonamides is 1. The van der Waals surface area contributed by atoms with E-state index in [9.17, 15) is 13.2 Å². The van der Waals surface area contributed by atoms with Gasteiger partial charge >= 0.3 is 0 Å². The van der Waals surface area contributed by atoms with Crippen LogP contribution >= 0.6 is 11.3 Å². The summed E-state index contributed by atoms with van der Waals surface area (Å²) in [5.41, 5.74) is 5.54. The highest BCUT2D eigenvalue weighted by Gasteiger charge is 2.33. The Kier molecular flexibility index (Phi) is 6.19. The minimum Gasteiger partial charge on any atom is -0.356 e. The van der Waals surface area contributed by atoms with E-state index >= 15 is 0 Å². The third-order valence-corrected chi connectivity index (χ3v) is 7.43. The fraction of sp³-hybridized carbons (Fsp3) is 0.667. The zero-order valence-electron chi connectivity index (χ0n) is 13.6. The van der Waals surface area contributed by atoms with E-state index in [0.717, 1.165) is 11.3 Å². The summed E-state index contributed by atoms with van der Waals surface area (Å²) in [4.78, 5) is 13.2. The van der Waals surface area contributed by atoms with Crippen LogP contribution < -0.4 is 11.1 Å². The number of carbonyl (C=O) groups excluding carboxylic acids is 1. The van der Waals surface area contributed by atoms with Gasteiger partial charge < -0.3 is 11.1 Å². The molecular weight excluding hydrogens is 334 g/mol. The molecule has 6 nitrogen and oxygen atoms in total. The number of aryl methyl sites for hydroxylation is 1. The molecule has 1 saturated heterocycles. The smallest absolute Gasteiger partial charge is 0.252 e. The van der Waals surface area contributed by atoms with Gasteiger partial charge in [0.1, 0.15) is 4.21 Å². The van der Waals surface area contributed by atoms with Gasteiger partial charge in [-0.25, -0.2) is 8.42 Å². The lowest BCUT2D eigenvalue weighted by Crippen LogP contribution is -2.46. The van der Waals surface area contributed by atoms with E-state index in [1.807, 2.05) is 13.8 Å². The monoisotopic (exact) mass is 359 g/mol. The van der Waals surface area contributed by atoms with Gasteiger partial charge in [0.05, 0.1) is 5.92 Å². The second-order valence-electron chi connectivity index (χ2n) is 6.15. The van der Waals surface area contributed by atoms with Crippen LogP contribution in [0.4, 0.5) is 0 Å². The van der Waals surface area contributed by atoms with E-state index in [1.165, 1.54) is 15.6 Å². The molecule has 0 aromatic carbocycles. The summed E-state index contributed by atoms with van der Waals surface area (Å²) in [5.74, 6) is -0.145. The summed E-state index contributed by atoms with van der Waals surface area (Å²) in [6.07, 6.45) is 1.42. The molecule has 2 atom stereocenters. The predicted octanol–water partition coefficient (Wildman–Crippen LogP) is 1.17. The highest BCUT2D eigenvalue weighted by molar-refractivity contribution is 7.91. The van der Waals surface area contributed by atoms with Crippen LogP contribution in [0.15, 0.2) is 16.3 Å². The number of thiophene rings is 1. The van der Waals surface area contributed by atoms with E-state index in [4.69, 9.17) is 5.73 Å². The Bertz CT molecular complexity index is 642. The molecule has 2 unspecified atom stereocenters. The number of hydrogen-bond donors (Lipinski definition) is 2. The minimum absolute atomic E-state index is 0.0763. The van der Waals surface area contributed by atoms with Crippen LogP contribution in [0.2, 0.25) is 0 Å². The molecule has 130 valence electrons. The Hall–Kier alpha value is -0.960. The molecule has 0 aliphatic carbocycles. The first kappa shape index (κ1) is 18.4. The summed E-state index contributed by atoms with van der Waals surface area (Å²) in [7, 11) is -3.49. The number of nitrogens with zero attached hydrogens (tertiary/aromatic N) is 1. The van der Waals surface area contributed by atoms with Crippen molar-refractivity contribution in [1.29, 1.82) is 0 Å². The second kappa shape index (κ2) is 7.74. The first-order chi connectivity index (χ1) is 10.8. The maximum Gasteiger partial charge on any atom is 0.252 e. The Labute approximate surface area is 142 Å². The van der Waals surface area contributed by atoms with Gasteiger partial charge in [0, 0.05) is 24.5 Å². The average Bonchev–Trinajstić information content (AvgIpc) is 2.99. The Morgan fingerprint density at radius 2 is 2.26 bits per heavy atom. The van der Waals surface area contributed by atoms with E-state index in [0.29, 0.717) is 30.3 Å². The van der Waals surface area contributed by atoms with Crippen molar-refractivity contribution in [1.82, 2.24) is 9.62 Å². The topological polar surface area (TPSA) is 92.5 Å². The van der Waals surface area contributed by atoms with Crippen LogP contribution in [0.1, 0.15) is 24.6 Å². The van der Waals surface area contributed by atoms with Crippen LogP contribution in [0.5, 0.6) is 0 Å². The Morgan fingerprint density at radius 1 is 1.52 bits per heavy atom. The molecular formula is C15H25N3O3S2. The van der Waals surface area contributed by atoms with Crippen molar-refractivity contribution in [2.24, 2.45) is 17.6 Å². The maximum atomic E-state index is 12.7. The van der Waals surface area contributed by atoms with Crippen molar-refractivity contribution in [3.8, 4) is 0 Å².